The molecule has 0 bridgehead atoms. The Bertz CT molecular complexity index is 1270. The largest absolute Gasteiger partial charge is 0.493 e. The van der Waals surface area contributed by atoms with Crippen LogP contribution in [-0.2, 0) is 0 Å². The normalized spacial score (nSPS) is 10.8. The summed E-state index contributed by atoms with van der Waals surface area (Å²) in [5.74, 6) is 1.67. The van der Waals surface area contributed by atoms with Gasteiger partial charge in [-0.05, 0) is 42.3 Å². The number of ether oxygens (including phenoxy) is 3. The van der Waals surface area contributed by atoms with Gasteiger partial charge in [0, 0.05) is 29.0 Å². The molecular weight excluding hydrogens is 396 g/mol. The zero-order chi connectivity index (χ0) is 22.1. The van der Waals surface area contributed by atoms with Gasteiger partial charge in [-0.2, -0.15) is 0 Å². The predicted molar refractivity (Wildman–Crippen MR) is 118 cm³/mol. The average molecular weight is 418 g/mol. The summed E-state index contributed by atoms with van der Waals surface area (Å²) in [7, 11) is 4.68. The predicted octanol–water partition coefficient (Wildman–Crippen LogP) is 4.59. The van der Waals surface area contributed by atoms with Crippen LogP contribution in [0, 0.1) is 6.92 Å². The monoisotopic (exact) mass is 418 g/mol. The summed E-state index contributed by atoms with van der Waals surface area (Å²) >= 11 is 0. The van der Waals surface area contributed by atoms with Gasteiger partial charge >= 0.3 is 0 Å². The first-order valence-corrected chi connectivity index (χ1v) is 9.57. The fourth-order valence-corrected chi connectivity index (χ4v) is 3.71. The van der Waals surface area contributed by atoms with Gasteiger partial charge in [0.05, 0.1) is 21.3 Å². The summed E-state index contributed by atoms with van der Waals surface area (Å²) in [5.41, 5.74) is 10.5. The molecule has 2 heterocycles. The van der Waals surface area contributed by atoms with Crippen molar-refractivity contribution in [1.82, 2.24) is 4.98 Å². The number of hydrogen-bond donors (Lipinski definition) is 1. The van der Waals surface area contributed by atoms with Crippen LogP contribution in [0.25, 0.3) is 33.6 Å². The second kappa shape index (κ2) is 8.02. The first kappa shape index (κ1) is 20.3. The summed E-state index contributed by atoms with van der Waals surface area (Å²) in [6.07, 6.45) is 1.71. The van der Waals surface area contributed by atoms with Gasteiger partial charge in [-0.15, -0.1) is 0 Å². The first-order valence-electron chi connectivity index (χ1n) is 9.57. The zero-order valence-electron chi connectivity index (χ0n) is 17.7. The molecule has 4 aromatic rings. The molecule has 0 saturated heterocycles. The van der Waals surface area contributed by atoms with E-state index in [4.69, 9.17) is 24.4 Å². The third-order valence-corrected chi connectivity index (χ3v) is 5.25. The molecule has 0 spiro atoms. The Kier molecular flexibility index (Phi) is 5.25. The van der Waals surface area contributed by atoms with Gasteiger partial charge in [0.1, 0.15) is 11.3 Å². The maximum atomic E-state index is 11.8. The molecule has 1 amide bonds. The molecular formula is C24H22N2O5. The molecule has 158 valence electrons. The van der Waals surface area contributed by atoms with Crippen molar-refractivity contribution >= 4 is 17.0 Å². The van der Waals surface area contributed by atoms with Crippen LogP contribution in [-0.4, -0.2) is 32.2 Å². The zero-order valence-corrected chi connectivity index (χ0v) is 17.7. The molecule has 7 nitrogen and oxygen atoms in total. The van der Waals surface area contributed by atoms with E-state index in [0.29, 0.717) is 39.7 Å². The molecule has 4 rings (SSSR count). The van der Waals surface area contributed by atoms with Crippen molar-refractivity contribution in [3.63, 3.8) is 0 Å². The van der Waals surface area contributed by atoms with E-state index in [1.807, 2.05) is 37.3 Å². The Morgan fingerprint density at radius 2 is 1.68 bits per heavy atom. The lowest BCUT2D eigenvalue weighted by atomic mass is 9.96. The van der Waals surface area contributed by atoms with Crippen molar-refractivity contribution in [2.24, 2.45) is 5.73 Å². The number of hydrogen-bond acceptors (Lipinski definition) is 6. The highest BCUT2D eigenvalue weighted by molar-refractivity contribution is 5.99. The lowest BCUT2D eigenvalue weighted by Gasteiger charge is -2.13. The lowest BCUT2D eigenvalue weighted by Crippen LogP contribution is -2.12. The molecule has 0 unspecified atom stereocenters. The standard InChI is InChI=1S/C24H22N2O5/c1-13-15(6-5-7-16(13)24(25)27)17-8-9-26-18-12-19(31-22(17)18)14-10-20(28-2)23(30-4)21(11-14)29-3/h5-12H,1-4H3,(H2,25,27). The Morgan fingerprint density at radius 3 is 2.29 bits per heavy atom. The van der Waals surface area contributed by atoms with Gasteiger partial charge in [0.25, 0.3) is 0 Å². The summed E-state index contributed by atoms with van der Waals surface area (Å²) in [4.78, 5) is 16.2. The first-order chi connectivity index (χ1) is 15.0. The molecule has 0 aliphatic rings. The highest BCUT2D eigenvalue weighted by Crippen LogP contribution is 2.43. The van der Waals surface area contributed by atoms with E-state index in [0.717, 1.165) is 22.3 Å². The van der Waals surface area contributed by atoms with Crippen LogP contribution in [0.5, 0.6) is 17.2 Å². The van der Waals surface area contributed by atoms with Gasteiger partial charge in [0.15, 0.2) is 17.1 Å². The lowest BCUT2D eigenvalue weighted by molar-refractivity contribution is 0.0999. The Hall–Kier alpha value is -4.00. The van der Waals surface area contributed by atoms with Crippen LogP contribution in [0.3, 0.4) is 0 Å². The highest BCUT2D eigenvalue weighted by Gasteiger charge is 2.19. The highest BCUT2D eigenvalue weighted by atomic mass is 16.5. The van der Waals surface area contributed by atoms with Crippen LogP contribution in [0.2, 0.25) is 0 Å². The summed E-state index contributed by atoms with van der Waals surface area (Å²) in [6.45, 7) is 1.87. The van der Waals surface area contributed by atoms with E-state index in [9.17, 15) is 4.79 Å². The number of amides is 1. The number of methoxy groups -OCH3 is 3. The number of carbonyl (C=O) groups is 1. The average Bonchev–Trinajstić information content (AvgIpc) is 3.22. The van der Waals surface area contributed by atoms with Crippen LogP contribution >= 0.6 is 0 Å². The number of fused-ring (bicyclic) bond motifs is 1. The van der Waals surface area contributed by atoms with Crippen molar-refractivity contribution in [2.45, 2.75) is 6.92 Å². The maximum Gasteiger partial charge on any atom is 0.248 e. The number of nitrogens with zero attached hydrogens (tertiary/aromatic N) is 1. The van der Waals surface area contributed by atoms with Crippen LogP contribution < -0.4 is 19.9 Å². The van der Waals surface area contributed by atoms with Gasteiger partial charge in [0.2, 0.25) is 11.7 Å². The molecule has 2 aromatic carbocycles. The van der Waals surface area contributed by atoms with E-state index >= 15 is 0 Å². The summed E-state index contributed by atoms with van der Waals surface area (Å²) in [6, 6.07) is 12.8. The fraction of sp³-hybridized carbons (Fsp3) is 0.167. The van der Waals surface area contributed by atoms with Gasteiger partial charge < -0.3 is 24.4 Å². The number of rotatable bonds is 6. The molecule has 2 aromatic heterocycles. The van der Waals surface area contributed by atoms with Crippen LogP contribution in [0.15, 0.2) is 53.1 Å². The van der Waals surface area contributed by atoms with Crippen molar-refractivity contribution < 1.29 is 23.4 Å². The van der Waals surface area contributed by atoms with Gasteiger partial charge in [-0.3, -0.25) is 9.78 Å². The third kappa shape index (κ3) is 3.44. The van der Waals surface area contributed by atoms with Crippen LogP contribution in [0.4, 0.5) is 0 Å². The SMILES string of the molecule is COc1cc(-c2cc3nccc(-c4cccc(C(N)=O)c4C)c3o2)cc(OC)c1OC. The fourth-order valence-electron chi connectivity index (χ4n) is 3.71. The van der Waals surface area contributed by atoms with Crippen molar-refractivity contribution in [1.29, 1.82) is 0 Å². The van der Waals surface area contributed by atoms with Crippen LogP contribution in [0.1, 0.15) is 15.9 Å². The van der Waals surface area contributed by atoms with Gasteiger partial charge in [-0.1, -0.05) is 12.1 Å². The van der Waals surface area contributed by atoms with E-state index in [1.165, 1.54) is 0 Å². The van der Waals surface area contributed by atoms with Gasteiger partial charge in [-0.25, -0.2) is 0 Å². The Morgan fingerprint density at radius 1 is 0.968 bits per heavy atom. The second-order valence-corrected chi connectivity index (χ2v) is 6.94. The number of benzene rings is 2. The van der Waals surface area contributed by atoms with E-state index in [-0.39, 0.29) is 0 Å². The molecule has 0 aliphatic heterocycles. The second-order valence-electron chi connectivity index (χ2n) is 6.94. The number of pyridine rings is 1. The molecule has 31 heavy (non-hydrogen) atoms. The Labute approximate surface area is 179 Å². The summed E-state index contributed by atoms with van der Waals surface area (Å²) < 4.78 is 22.5. The molecule has 0 saturated carbocycles. The number of aromatic nitrogens is 1. The molecule has 0 aliphatic carbocycles. The topological polar surface area (TPSA) is 96.8 Å². The van der Waals surface area contributed by atoms with E-state index in [1.54, 1.807) is 39.7 Å². The minimum absolute atomic E-state index is 0.470. The molecule has 0 fully saturated rings. The summed E-state index contributed by atoms with van der Waals surface area (Å²) in [5, 5.41) is 0. The number of nitrogens with two attached hydrogens (primary N) is 1. The van der Waals surface area contributed by atoms with Crippen molar-refractivity contribution in [3.05, 3.63) is 59.8 Å². The Balaban J connectivity index is 1.91. The molecule has 0 radical (unpaired) electrons. The molecule has 2 N–H and O–H groups in total. The minimum atomic E-state index is -0.470. The maximum absolute atomic E-state index is 11.8. The van der Waals surface area contributed by atoms with E-state index in [2.05, 4.69) is 4.98 Å². The third-order valence-electron chi connectivity index (χ3n) is 5.25. The molecule has 0 atom stereocenters. The van der Waals surface area contributed by atoms with Crippen molar-refractivity contribution in [2.75, 3.05) is 21.3 Å². The minimum Gasteiger partial charge on any atom is -0.493 e. The number of furan rings is 1. The van der Waals surface area contributed by atoms with E-state index < -0.39 is 5.91 Å². The molecule has 7 heteroatoms. The smallest absolute Gasteiger partial charge is 0.248 e. The quantitative estimate of drug-likeness (QED) is 0.492. The van der Waals surface area contributed by atoms with Crippen molar-refractivity contribution in [3.8, 4) is 39.7 Å². The number of primary amides is 1. The number of carbonyl (C=O) groups excluding carboxylic acids is 1.